The molecule has 0 unspecified atom stereocenters. The molecule has 2 heterocycles. The summed E-state index contributed by atoms with van der Waals surface area (Å²) in [6.45, 7) is 7.05. The molecule has 0 amide bonds. The Morgan fingerprint density at radius 3 is 2.54 bits per heavy atom. The van der Waals surface area contributed by atoms with Crippen LogP contribution in [0.1, 0.15) is 60.8 Å². The van der Waals surface area contributed by atoms with Gasteiger partial charge >= 0.3 is 5.97 Å². The summed E-state index contributed by atoms with van der Waals surface area (Å²) >= 11 is 0. The van der Waals surface area contributed by atoms with Crippen molar-refractivity contribution in [2.45, 2.75) is 39.0 Å². The zero-order valence-electron chi connectivity index (χ0n) is 20.3. The Hall–Kier alpha value is -3.94. The van der Waals surface area contributed by atoms with Gasteiger partial charge in [0.1, 0.15) is 11.3 Å². The highest BCUT2D eigenvalue weighted by Crippen LogP contribution is 2.55. The quantitative estimate of drug-likeness (QED) is 0.405. The van der Waals surface area contributed by atoms with Crippen LogP contribution in [0.25, 0.3) is 16.8 Å². The lowest BCUT2D eigenvalue weighted by Crippen LogP contribution is -2.16. The van der Waals surface area contributed by atoms with Gasteiger partial charge in [-0.25, -0.2) is 9.48 Å². The monoisotopic (exact) mass is 471 g/mol. The largest absolute Gasteiger partial charge is 0.493 e. The minimum atomic E-state index is -0.976. The Balaban J connectivity index is 1.47. The van der Waals surface area contributed by atoms with Gasteiger partial charge in [0.2, 0.25) is 0 Å². The molecule has 1 fully saturated rings. The number of carboxylic acids is 1. The summed E-state index contributed by atoms with van der Waals surface area (Å²) in [4.78, 5) is 12.0. The molecule has 1 saturated carbocycles. The lowest BCUT2D eigenvalue weighted by Gasteiger charge is -2.19. The molecule has 8 nitrogen and oxygen atoms in total. The summed E-state index contributed by atoms with van der Waals surface area (Å²) < 4.78 is 9.42. The molecule has 0 saturated heterocycles. The Kier molecular flexibility index (Phi) is 5.67. The number of hydrogen-bond acceptors (Lipinski definition) is 5. The smallest absolute Gasteiger partial charge is 0.339 e. The first kappa shape index (κ1) is 22.8. The molecule has 1 N–H and O–H groups in total. The average molecular weight is 472 g/mol. The van der Waals surface area contributed by atoms with E-state index in [2.05, 4.69) is 36.2 Å². The normalized spacial score (nSPS) is 17.4. The molecule has 2 aromatic heterocycles. The topological polar surface area (TPSA) is 95.1 Å². The van der Waals surface area contributed by atoms with Crippen molar-refractivity contribution in [2.24, 2.45) is 12.5 Å². The number of hydrogen-bond donors (Lipinski definition) is 1. The predicted molar refractivity (Wildman–Crippen MR) is 132 cm³/mol. The fourth-order valence-corrected chi connectivity index (χ4v) is 4.33. The average Bonchev–Trinajstić information content (AvgIpc) is 3.27. The van der Waals surface area contributed by atoms with E-state index in [9.17, 15) is 9.90 Å². The summed E-state index contributed by atoms with van der Waals surface area (Å²) in [5, 5.41) is 22.6. The minimum absolute atomic E-state index is 0.0260. The SMILES string of the molecule is Cn1cc([C@H]2C[C@@H]2c2c(C(=O)O)cnn2-c2cccc(-c3cccc(OCC(C)(C)C)c3)c2)nn1. The number of aryl methyl sites for hydroxylation is 1. The molecule has 0 spiro atoms. The van der Waals surface area contributed by atoms with Gasteiger partial charge in [0, 0.05) is 25.1 Å². The molecule has 4 aromatic rings. The Morgan fingerprint density at radius 1 is 1.11 bits per heavy atom. The summed E-state index contributed by atoms with van der Waals surface area (Å²) in [6, 6.07) is 16.0. The van der Waals surface area contributed by atoms with Crippen molar-refractivity contribution < 1.29 is 14.6 Å². The van der Waals surface area contributed by atoms with Crippen LogP contribution in [0.2, 0.25) is 0 Å². The molecule has 1 aliphatic rings. The van der Waals surface area contributed by atoms with Gasteiger partial charge in [-0.05, 0) is 47.2 Å². The van der Waals surface area contributed by atoms with Crippen molar-refractivity contribution in [3.8, 4) is 22.6 Å². The molecule has 180 valence electrons. The maximum atomic E-state index is 12.0. The number of carbonyl (C=O) groups is 1. The molecule has 2 atom stereocenters. The third-order valence-corrected chi connectivity index (χ3v) is 6.11. The molecule has 2 aromatic carbocycles. The van der Waals surface area contributed by atoms with Crippen LogP contribution in [-0.4, -0.2) is 42.5 Å². The Bertz CT molecular complexity index is 1380. The third kappa shape index (κ3) is 4.82. The van der Waals surface area contributed by atoms with E-state index >= 15 is 0 Å². The molecular formula is C27H29N5O3. The first-order valence-corrected chi connectivity index (χ1v) is 11.7. The van der Waals surface area contributed by atoms with Crippen LogP contribution in [0.4, 0.5) is 0 Å². The maximum Gasteiger partial charge on any atom is 0.339 e. The van der Waals surface area contributed by atoms with Gasteiger partial charge in [0.15, 0.2) is 0 Å². The molecule has 5 rings (SSSR count). The second kappa shape index (κ2) is 8.69. The van der Waals surface area contributed by atoms with Crippen LogP contribution in [0.15, 0.2) is 60.9 Å². The van der Waals surface area contributed by atoms with Crippen molar-refractivity contribution in [1.29, 1.82) is 0 Å². The van der Waals surface area contributed by atoms with Crippen LogP contribution in [0.5, 0.6) is 5.75 Å². The molecule has 0 radical (unpaired) electrons. The molecule has 1 aliphatic carbocycles. The first-order valence-electron chi connectivity index (χ1n) is 11.7. The molecule has 35 heavy (non-hydrogen) atoms. The van der Waals surface area contributed by atoms with E-state index in [1.807, 2.05) is 61.8 Å². The zero-order valence-corrected chi connectivity index (χ0v) is 20.3. The number of benzene rings is 2. The third-order valence-electron chi connectivity index (χ3n) is 6.11. The summed E-state index contributed by atoms with van der Waals surface area (Å²) in [5.74, 6) is 0.00613. The lowest BCUT2D eigenvalue weighted by molar-refractivity contribution is 0.0695. The maximum absolute atomic E-state index is 12.0. The fraction of sp³-hybridized carbons (Fsp3) is 0.333. The highest BCUT2D eigenvalue weighted by atomic mass is 16.5. The van der Waals surface area contributed by atoms with Crippen molar-refractivity contribution in [2.75, 3.05) is 6.61 Å². The van der Waals surface area contributed by atoms with Crippen molar-refractivity contribution >= 4 is 5.97 Å². The molecular weight excluding hydrogens is 442 g/mol. The second-order valence-electron chi connectivity index (χ2n) is 10.4. The van der Waals surface area contributed by atoms with Crippen molar-refractivity contribution in [3.05, 3.63) is 77.9 Å². The van der Waals surface area contributed by atoms with Crippen LogP contribution < -0.4 is 4.74 Å². The van der Waals surface area contributed by atoms with E-state index in [1.165, 1.54) is 6.20 Å². The van der Waals surface area contributed by atoms with Gasteiger partial charge in [-0.3, -0.25) is 4.68 Å². The van der Waals surface area contributed by atoms with Crippen molar-refractivity contribution in [1.82, 2.24) is 24.8 Å². The van der Waals surface area contributed by atoms with E-state index in [-0.39, 0.29) is 22.8 Å². The van der Waals surface area contributed by atoms with Crippen molar-refractivity contribution in [3.63, 3.8) is 0 Å². The highest BCUT2D eigenvalue weighted by molar-refractivity contribution is 5.89. The Morgan fingerprint density at radius 2 is 1.86 bits per heavy atom. The van der Waals surface area contributed by atoms with Gasteiger partial charge < -0.3 is 9.84 Å². The number of rotatable bonds is 7. The Labute approximate surface area is 204 Å². The van der Waals surface area contributed by atoms with Crippen LogP contribution in [-0.2, 0) is 7.05 Å². The van der Waals surface area contributed by atoms with E-state index < -0.39 is 5.97 Å². The van der Waals surface area contributed by atoms with Crippen LogP contribution >= 0.6 is 0 Å². The fourth-order valence-electron chi connectivity index (χ4n) is 4.33. The highest BCUT2D eigenvalue weighted by Gasteiger charge is 2.46. The van der Waals surface area contributed by atoms with Gasteiger partial charge in [0.05, 0.1) is 29.9 Å². The standard InChI is InChI=1S/C27H29N5O3/c1-27(2,3)16-35-20-10-6-8-18(12-20)17-7-5-9-19(11-17)32-25(23(14-28-32)26(33)34)22-13-21(22)24-15-31(4)30-29-24/h5-12,14-15,21-22H,13,16H2,1-4H3,(H,33,34)/t21-,22-/m0/s1. The number of nitrogens with zero attached hydrogens (tertiary/aromatic N) is 5. The predicted octanol–water partition coefficient (Wildman–Crippen LogP) is 5.06. The first-order chi connectivity index (χ1) is 16.7. The van der Waals surface area contributed by atoms with Crippen LogP contribution in [0.3, 0.4) is 0 Å². The van der Waals surface area contributed by atoms with Crippen LogP contribution in [0, 0.1) is 5.41 Å². The van der Waals surface area contributed by atoms with Gasteiger partial charge in [-0.15, -0.1) is 5.10 Å². The summed E-state index contributed by atoms with van der Waals surface area (Å²) in [7, 11) is 1.83. The van der Waals surface area contributed by atoms with Gasteiger partial charge in [0.25, 0.3) is 0 Å². The van der Waals surface area contributed by atoms with E-state index in [0.717, 1.165) is 34.7 Å². The molecule has 8 heteroatoms. The minimum Gasteiger partial charge on any atom is -0.493 e. The number of ether oxygens (including phenoxy) is 1. The number of carboxylic acid groups (broad SMARTS) is 1. The molecule has 0 bridgehead atoms. The summed E-state index contributed by atoms with van der Waals surface area (Å²) in [6.07, 6.45) is 4.15. The lowest BCUT2D eigenvalue weighted by atomic mass is 9.98. The van der Waals surface area contributed by atoms with E-state index in [0.29, 0.717) is 12.3 Å². The van der Waals surface area contributed by atoms with Gasteiger partial charge in [-0.1, -0.05) is 50.3 Å². The second-order valence-corrected chi connectivity index (χ2v) is 10.4. The molecule has 0 aliphatic heterocycles. The van der Waals surface area contributed by atoms with E-state index in [4.69, 9.17) is 4.74 Å². The van der Waals surface area contributed by atoms with E-state index in [1.54, 1.807) is 9.36 Å². The summed E-state index contributed by atoms with van der Waals surface area (Å²) in [5.41, 5.74) is 4.72. The van der Waals surface area contributed by atoms with Gasteiger partial charge in [-0.2, -0.15) is 5.10 Å². The zero-order chi connectivity index (χ0) is 24.7. The number of aromatic nitrogens is 5. The number of aromatic carboxylic acids is 1.